The van der Waals surface area contributed by atoms with Crippen LogP contribution in [0.15, 0.2) is 24.3 Å². The number of nitrogens with zero attached hydrogens (tertiary/aromatic N) is 2. The Balaban J connectivity index is 1.78. The lowest BCUT2D eigenvalue weighted by molar-refractivity contribution is 0.0277. The summed E-state index contributed by atoms with van der Waals surface area (Å²) in [6.07, 6.45) is 0.0811. The summed E-state index contributed by atoms with van der Waals surface area (Å²) < 4.78 is 5.79. The Morgan fingerprint density at radius 2 is 2.19 bits per heavy atom. The van der Waals surface area contributed by atoms with Gasteiger partial charge in [-0.2, -0.15) is 0 Å². The van der Waals surface area contributed by atoms with Gasteiger partial charge in [-0.25, -0.2) is 4.79 Å². The largest absolute Gasteiger partial charge is 0.371 e. The molecule has 0 radical (unpaired) electrons. The van der Waals surface area contributed by atoms with Gasteiger partial charge in [-0.1, -0.05) is 12.1 Å². The molecule has 2 saturated heterocycles. The molecule has 3 rings (SSSR count). The van der Waals surface area contributed by atoms with Crippen LogP contribution in [0.25, 0.3) is 0 Å². The first-order chi connectivity index (χ1) is 10.2. The maximum Gasteiger partial charge on any atom is 0.324 e. The lowest BCUT2D eigenvalue weighted by Crippen LogP contribution is -2.36. The first kappa shape index (κ1) is 14.4. The van der Waals surface area contributed by atoms with Crippen LogP contribution in [0, 0.1) is 0 Å². The molecular weight excluding hydrogens is 266 g/mol. The van der Waals surface area contributed by atoms with E-state index in [2.05, 4.69) is 31.3 Å². The normalized spacial score (nSPS) is 23.2. The van der Waals surface area contributed by atoms with Gasteiger partial charge in [0.1, 0.15) is 0 Å². The number of benzene rings is 1. The second kappa shape index (κ2) is 6.03. The van der Waals surface area contributed by atoms with Crippen molar-refractivity contribution in [2.24, 2.45) is 0 Å². The Morgan fingerprint density at radius 1 is 1.33 bits per heavy atom. The number of carbonyl (C=O) groups is 1. The molecule has 0 aromatic heterocycles. The molecule has 0 bridgehead atoms. The smallest absolute Gasteiger partial charge is 0.324 e. The molecule has 5 heteroatoms. The van der Waals surface area contributed by atoms with Crippen molar-refractivity contribution in [3.8, 4) is 0 Å². The van der Waals surface area contributed by atoms with Gasteiger partial charge in [-0.3, -0.25) is 4.90 Å². The van der Waals surface area contributed by atoms with Crippen molar-refractivity contribution in [2.45, 2.75) is 26.0 Å². The van der Waals surface area contributed by atoms with Gasteiger partial charge < -0.3 is 15.0 Å². The molecule has 1 atom stereocenters. The Morgan fingerprint density at radius 3 is 2.86 bits per heavy atom. The summed E-state index contributed by atoms with van der Waals surface area (Å²) in [5.41, 5.74) is 2.10. The molecule has 2 aliphatic rings. The van der Waals surface area contributed by atoms with Crippen LogP contribution in [0.5, 0.6) is 0 Å². The van der Waals surface area contributed by atoms with Gasteiger partial charge in [0.2, 0.25) is 0 Å². The van der Waals surface area contributed by atoms with E-state index in [4.69, 9.17) is 4.74 Å². The van der Waals surface area contributed by atoms with Gasteiger partial charge in [0.05, 0.1) is 12.7 Å². The summed E-state index contributed by atoms with van der Waals surface area (Å²) >= 11 is 0. The van der Waals surface area contributed by atoms with Crippen molar-refractivity contribution in [3.63, 3.8) is 0 Å². The van der Waals surface area contributed by atoms with Crippen LogP contribution in [0.1, 0.15) is 25.5 Å². The van der Waals surface area contributed by atoms with Crippen molar-refractivity contribution >= 4 is 11.7 Å². The van der Waals surface area contributed by atoms with Crippen LogP contribution < -0.4 is 10.2 Å². The number of hydrogen-bond donors (Lipinski definition) is 1. The third-order valence-corrected chi connectivity index (χ3v) is 4.15. The molecule has 0 aliphatic carbocycles. The molecule has 2 heterocycles. The number of nitrogens with one attached hydrogen (secondary N) is 1. The van der Waals surface area contributed by atoms with Crippen molar-refractivity contribution in [1.82, 2.24) is 10.2 Å². The highest BCUT2D eigenvalue weighted by molar-refractivity contribution is 5.94. The quantitative estimate of drug-likeness (QED) is 0.925. The summed E-state index contributed by atoms with van der Waals surface area (Å²) in [6.45, 7) is 8.13. The minimum Gasteiger partial charge on any atom is -0.371 e. The van der Waals surface area contributed by atoms with Crippen molar-refractivity contribution < 1.29 is 9.53 Å². The number of anilines is 1. The number of urea groups is 1. The molecule has 5 nitrogen and oxygen atoms in total. The zero-order chi connectivity index (χ0) is 14.8. The molecule has 0 spiro atoms. The summed E-state index contributed by atoms with van der Waals surface area (Å²) in [6, 6.07) is 8.51. The predicted molar refractivity (Wildman–Crippen MR) is 82.6 cm³/mol. The second-order valence-electron chi connectivity index (χ2n) is 5.88. The molecule has 1 unspecified atom stereocenters. The first-order valence-electron chi connectivity index (χ1n) is 7.67. The Bertz CT molecular complexity index is 512. The number of amides is 2. The summed E-state index contributed by atoms with van der Waals surface area (Å²) in [5, 5.41) is 3.34. The summed E-state index contributed by atoms with van der Waals surface area (Å²) in [7, 11) is 0. The fourth-order valence-electron chi connectivity index (χ4n) is 2.95. The maximum absolute atomic E-state index is 12.4. The second-order valence-corrected chi connectivity index (χ2v) is 5.88. The molecule has 114 valence electrons. The molecule has 2 fully saturated rings. The van der Waals surface area contributed by atoms with Crippen molar-refractivity contribution in [3.05, 3.63) is 29.8 Å². The fourth-order valence-corrected chi connectivity index (χ4v) is 2.95. The summed E-state index contributed by atoms with van der Waals surface area (Å²) in [5.74, 6) is 0. The highest BCUT2D eigenvalue weighted by Crippen LogP contribution is 2.26. The number of ether oxygens (including phenoxy) is 1. The number of hydrogen-bond acceptors (Lipinski definition) is 3. The van der Waals surface area contributed by atoms with E-state index < -0.39 is 0 Å². The van der Waals surface area contributed by atoms with E-state index in [1.807, 2.05) is 21.9 Å². The average molecular weight is 289 g/mol. The average Bonchev–Trinajstić information content (AvgIpc) is 2.90. The van der Waals surface area contributed by atoms with E-state index in [0.717, 1.165) is 44.0 Å². The molecule has 1 aromatic rings. The lowest BCUT2D eigenvalue weighted by Gasteiger charge is -2.25. The van der Waals surface area contributed by atoms with Gasteiger partial charge in [0, 0.05) is 37.9 Å². The number of carbonyl (C=O) groups excluding carboxylic acids is 1. The van der Waals surface area contributed by atoms with E-state index in [9.17, 15) is 4.79 Å². The van der Waals surface area contributed by atoms with E-state index in [0.29, 0.717) is 0 Å². The minimum absolute atomic E-state index is 0.0811. The van der Waals surface area contributed by atoms with Gasteiger partial charge in [0.25, 0.3) is 0 Å². The van der Waals surface area contributed by atoms with Crippen LogP contribution in [-0.2, 0) is 4.74 Å². The van der Waals surface area contributed by atoms with Gasteiger partial charge in [-0.05, 0) is 31.5 Å². The summed E-state index contributed by atoms with van der Waals surface area (Å²) in [4.78, 5) is 16.2. The Hall–Kier alpha value is -1.59. The fraction of sp³-hybridized carbons (Fsp3) is 0.562. The van der Waals surface area contributed by atoms with Gasteiger partial charge >= 0.3 is 6.03 Å². The molecular formula is C16H23N3O2. The monoisotopic (exact) mass is 289 g/mol. The number of morpholine rings is 1. The molecule has 2 aliphatic heterocycles. The molecule has 21 heavy (non-hydrogen) atoms. The van der Waals surface area contributed by atoms with E-state index >= 15 is 0 Å². The van der Waals surface area contributed by atoms with Gasteiger partial charge in [0.15, 0.2) is 0 Å². The van der Waals surface area contributed by atoms with Crippen molar-refractivity contribution in [1.29, 1.82) is 0 Å². The molecule has 1 aromatic carbocycles. The highest BCUT2D eigenvalue weighted by atomic mass is 16.5. The molecule has 1 N–H and O–H groups in total. The molecule has 2 amide bonds. The van der Waals surface area contributed by atoms with Crippen LogP contribution in [-0.4, -0.2) is 49.8 Å². The predicted octanol–water partition coefficient (Wildman–Crippen LogP) is 2.00. The first-order valence-corrected chi connectivity index (χ1v) is 7.67. The third-order valence-electron chi connectivity index (χ3n) is 4.15. The highest BCUT2D eigenvalue weighted by Gasteiger charge is 2.31. The van der Waals surface area contributed by atoms with E-state index in [1.165, 1.54) is 0 Å². The number of rotatable bonds is 3. The zero-order valence-electron chi connectivity index (χ0n) is 12.7. The topological polar surface area (TPSA) is 44.8 Å². The van der Waals surface area contributed by atoms with E-state index in [1.54, 1.807) is 0 Å². The molecule has 0 saturated carbocycles. The Kier molecular flexibility index (Phi) is 4.12. The SMILES string of the molecule is CC(C)N1CCN(c2cccc(C3CNCCO3)c2)C1=O. The lowest BCUT2D eigenvalue weighted by atomic mass is 10.1. The van der Waals surface area contributed by atoms with Crippen LogP contribution in [0.2, 0.25) is 0 Å². The van der Waals surface area contributed by atoms with Crippen molar-refractivity contribution in [2.75, 3.05) is 37.7 Å². The van der Waals surface area contributed by atoms with Gasteiger partial charge in [-0.15, -0.1) is 0 Å². The third kappa shape index (κ3) is 2.89. The Labute approximate surface area is 125 Å². The zero-order valence-corrected chi connectivity index (χ0v) is 12.7. The maximum atomic E-state index is 12.4. The van der Waals surface area contributed by atoms with Crippen LogP contribution in [0.4, 0.5) is 10.5 Å². The van der Waals surface area contributed by atoms with E-state index in [-0.39, 0.29) is 18.2 Å². The standard InChI is InChI=1S/C16H23N3O2/c1-12(2)18-7-8-19(16(18)20)14-5-3-4-13(10-14)15-11-17-6-9-21-15/h3-5,10,12,15,17H,6-9,11H2,1-2H3. The van der Waals surface area contributed by atoms with Crippen LogP contribution >= 0.6 is 0 Å². The van der Waals surface area contributed by atoms with Crippen LogP contribution in [0.3, 0.4) is 0 Å². The minimum atomic E-state index is 0.0811.